The van der Waals surface area contributed by atoms with Crippen molar-refractivity contribution in [3.8, 4) is 11.8 Å². The van der Waals surface area contributed by atoms with Crippen molar-refractivity contribution >= 4 is 11.6 Å². The van der Waals surface area contributed by atoms with Crippen molar-refractivity contribution in [3.05, 3.63) is 33.8 Å². The lowest BCUT2D eigenvalue weighted by Crippen LogP contribution is -1.86. The summed E-state index contributed by atoms with van der Waals surface area (Å²) < 4.78 is 0. The van der Waals surface area contributed by atoms with Gasteiger partial charge in [0.05, 0.1) is 0 Å². The number of aliphatic hydroxyl groups is 1. The van der Waals surface area contributed by atoms with Crippen LogP contribution in [0.15, 0.2) is 12.1 Å². The number of hydrogen-bond acceptors (Lipinski definition) is 1. The smallest absolute Gasteiger partial charge is 0.104 e. The quantitative estimate of drug-likeness (QED) is 0.629. The summed E-state index contributed by atoms with van der Waals surface area (Å²) in [5.41, 5.74) is 2.97. The van der Waals surface area contributed by atoms with E-state index in [1.165, 1.54) is 0 Å². The van der Waals surface area contributed by atoms with Crippen LogP contribution in [0.1, 0.15) is 16.7 Å². The van der Waals surface area contributed by atoms with Crippen LogP contribution in [0.4, 0.5) is 0 Å². The SMILES string of the molecule is Cc1cc(C#CCO)c(C)cc1Cl. The van der Waals surface area contributed by atoms with Crippen molar-refractivity contribution in [2.75, 3.05) is 6.61 Å². The molecule has 0 fully saturated rings. The van der Waals surface area contributed by atoms with Gasteiger partial charge in [-0.05, 0) is 37.1 Å². The highest BCUT2D eigenvalue weighted by Gasteiger charge is 1.99. The van der Waals surface area contributed by atoms with Crippen LogP contribution in [-0.2, 0) is 0 Å². The number of aliphatic hydroxyl groups excluding tert-OH is 1. The predicted octanol–water partition coefficient (Wildman–Crippen LogP) is 2.30. The first-order valence-corrected chi connectivity index (χ1v) is 4.39. The molecule has 0 amide bonds. The molecule has 1 N–H and O–H groups in total. The zero-order valence-corrected chi connectivity index (χ0v) is 8.44. The number of hydrogen-bond donors (Lipinski definition) is 1. The van der Waals surface area contributed by atoms with Gasteiger partial charge in [0.2, 0.25) is 0 Å². The molecule has 0 aliphatic rings. The van der Waals surface area contributed by atoms with E-state index in [0.717, 1.165) is 21.7 Å². The highest BCUT2D eigenvalue weighted by Crippen LogP contribution is 2.19. The summed E-state index contributed by atoms with van der Waals surface area (Å²) in [6, 6.07) is 3.82. The van der Waals surface area contributed by atoms with Crippen LogP contribution in [0.5, 0.6) is 0 Å². The lowest BCUT2D eigenvalue weighted by molar-refractivity contribution is 0.350. The monoisotopic (exact) mass is 194 g/mol. The van der Waals surface area contributed by atoms with Gasteiger partial charge in [-0.1, -0.05) is 23.4 Å². The zero-order chi connectivity index (χ0) is 9.84. The minimum Gasteiger partial charge on any atom is -0.384 e. The molecule has 0 spiro atoms. The van der Waals surface area contributed by atoms with Crippen molar-refractivity contribution in [2.45, 2.75) is 13.8 Å². The van der Waals surface area contributed by atoms with Crippen molar-refractivity contribution in [2.24, 2.45) is 0 Å². The highest BCUT2D eigenvalue weighted by atomic mass is 35.5. The molecule has 0 bridgehead atoms. The van der Waals surface area contributed by atoms with E-state index in [9.17, 15) is 0 Å². The summed E-state index contributed by atoms with van der Waals surface area (Å²) in [5.74, 6) is 5.49. The second kappa shape index (κ2) is 4.32. The normalized spacial score (nSPS) is 9.23. The molecule has 0 saturated heterocycles. The van der Waals surface area contributed by atoms with Crippen LogP contribution in [-0.4, -0.2) is 11.7 Å². The standard InChI is InChI=1S/C11H11ClO/c1-8-7-11(12)9(2)6-10(8)4-3-5-13/h6-7,13H,5H2,1-2H3. The van der Waals surface area contributed by atoms with Gasteiger partial charge in [-0.25, -0.2) is 0 Å². The molecule has 68 valence electrons. The van der Waals surface area contributed by atoms with Gasteiger partial charge in [0.25, 0.3) is 0 Å². The summed E-state index contributed by atoms with van der Waals surface area (Å²) in [7, 11) is 0. The minimum absolute atomic E-state index is 0.110. The molecule has 2 heteroatoms. The molecule has 0 heterocycles. The lowest BCUT2D eigenvalue weighted by atomic mass is 10.1. The Balaban J connectivity index is 3.16. The second-order valence-corrected chi connectivity index (χ2v) is 3.28. The van der Waals surface area contributed by atoms with E-state index in [1.807, 2.05) is 26.0 Å². The predicted molar refractivity (Wildman–Crippen MR) is 54.9 cm³/mol. The average molecular weight is 195 g/mol. The zero-order valence-electron chi connectivity index (χ0n) is 7.69. The molecule has 1 aromatic carbocycles. The van der Waals surface area contributed by atoms with E-state index in [4.69, 9.17) is 16.7 Å². The first-order valence-electron chi connectivity index (χ1n) is 4.01. The summed E-state index contributed by atoms with van der Waals surface area (Å²) in [4.78, 5) is 0. The van der Waals surface area contributed by atoms with Crippen LogP contribution >= 0.6 is 11.6 Å². The maximum Gasteiger partial charge on any atom is 0.104 e. The van der Waals surface area contributed by atoms with Crippen LogP contribution < -0.4 is 0 Å². The number of benzene rings is 1. The van der Waals surface area contributed by atoms with Crippen molar-refractivity contribution in [1.29, 1.82) is 0 Å². The Bertz CT molecular complexity index is 372. The number of rotatable bonds is 0. The lowest BCUT2D eigenvalue weighted by Gasteiger charge is -2.02. The van der Waals surface area contributed by atoms with E-state index >= 15 is 0 Å². The van der Waals surface area contributed by atoms with E-state index in [-0.39, 0.29) is 6.61 Å². The summed E-state index contributed by atoms with van der Waals surface area (Å²) >= 11 is 5.92. The molecule has 0 aliphatic carbocycles. The Morgan fingerprint density at radius 1 is 1.31 bits per heavy atom. The molecule has 0 atom stereocenters. The maximum absolute atomic E-state index is 8.54. The Kier molecular flexibility index (Phi) is 3.36. The van der Waals surface area contributed by atoms with Gasteiger partial charge in [0.15, 0.2) is 0 Å². The third-order valence-corrected chi connectivity index (χ3v) is 2.21. The topological polar surface area (TPSA) is 20.2 Å². The molecule has 1 aromatic rings. The molecular formula is C11H11ClO. The molecule has 0 saturated carbocycles. The highest BCUT2D eigenvalue weighted by molar-refractivity contribution is 6.31. The third kappa shape index (κ3) is 2.48. The van der Waals surface area contributed by atoms with Crippen molar-refractivity contribution in [3.63, 3.8) is 0 Å². The molecule has 0 aromatic heterocycles. The van der Waals surface area contributed by atoms with Crippen molar-refractivity contribution in [1.82, 2.24) is 0 Å². The van der Waals surface area contributed by atoms with Gasteiger partial charge in [-0.15, -0.1) is 0 Å². The summed E-state index contributed by atoms with van der Waals surface area (Å²) in [5, 5.41) is 9.30. The number of halogens is 1. The van der Waals surface area contributed by atoms with Crippen LogP contribution in [0, 0.1) is 25.7 Å². The molecule has 0 aliphatic heterocycles. The summed E-state index contributed by atoms with van der Waals surface area (Å²) in [6.07, 6.45) is 0. The molecule has 0 unspecified atom stereocenters. The molecule has 1 rings (SSSR count). The van der Waals surface area contributed by atoms with Gasteiger partial charge < -0.3 is 5.11 Å². The fourth-order valence-corrected chi connectivity index (χ4v) is 1.27. The van der Waals surface area contributed by atoms with Gasteiger partial charge in [0, 0.05) is 10.6 Å². The third-order valence-electron chi connectivity index (χ3n) is 1.81. The van der Waals surface area contributed by atoms with E-state index in [1.54, 1.807) is 0 Å². The fourth-order valence-electron chi connectivity index (χ4n) is 1.05. The Morgan fingerprint density at radius 2 is 2.00 bits per heavy atom. The maximum atomic E-state index is 8.54. The van der Waals surface area contributed by atoms with Crippen LogP contribution in [0.3, 0.4) is 0 Å². The minimum atomic E-state index is -0.110. The Labute approximate surface area is 83.4 Å². The van der Waals surface area contributed by atoms with Crippen LogP contribution in [0.2, 0.25) is 5.02 Å². The number of aryl methyl sites for hydroxylation is 2. The Hall–Kier alpha value is -0.970. The van der Waals surface area contributed by atoms with E-state index in [0.29, 0.717) is 0 Å². The second-order valence-electron chi connectivity index (χ2n) is 2.88. The molecular weight excluding hydrogens is 184 g/mol. The van der Waals surface area contributed by atoms with E-state index in [2.05, 4.69) is 11.8 Å². The van der Waals surface area contributed by atoms with Crippen molar-refractivity contribution < 1.29 is 5.11 Å². The average Bonchev–Trinajstić information content (AvgIpc) is 2.09. The largest absolute Gasteiger partial charge is 0.384 e. The van der Waals surface area contributed by atoms with Gasteiger partial charge in [-0.3, -0.25) is 0 Å². The Morgan fingerprint density at radius 3 is 2.62 bits per heavy atom. The molecule has 0 radical (unpaired) electrons. The first-order chi connectivity index (χ1) is 6.15. The first kappa shape index (κ1) is 10.1. The van der Waals surface area contributed by atoms with E-state index < -0.39 is 0 Å². The fraction of sp³-hybridized carbons (Fsp3) is 0.273. The van der Waals surface area contributed by atoms with Crippen LogP contribution in [0.25, 0.3) is 0 Å². The van der Waals surface area contributed by atoms with Gasteiger partial charge >= 0.3 is 0 Å². The summed E-state index contributed by atoms with van der Waals surface area (Å²) in [6.45, 7) is 3.78. The molecule has 13 heavy (non-hydrogen) atoms. The van der Waals surface area contributed by atoms with Gasteiger partial charge in [-0.2, -0.15) is 0 Å². The van der Waals surface area contributed by atoms with Gasteiger partial charge in [0.1, 0.15) is 6.61 Å². The molecule has 1 nitrogen and oxygen atoms in total.